The number of halogens is 1. The maximum atomic E-state index is 13.6. The summed E-state index contributed by atoms with van der Waals surface area (Å²) in [4.78, 5) is 39.2. The monoisotopic (exact) mass is 475 g/mol. The summed E-state index contributed by atoms with van der Waals surface area (Å²) in [6.45, 7) is 6.62. The molecule has 1 heterocycles. The first-order valence-electron chi connectivity index (χ1n) is 11.1. The van der Waals surface area contributed by atoms with E-state index in [1.165, 1.54) is 7.11 Å². The van der Waals surface area contributed by atoms with Crippen LogP contribution in [0.4, 0.5) is 0 Å². The van der Waals surface area contributed by atoms with Crippen LogP contribution in [0.25, 0.3) is 0 Å². The highest BCUT2D eigenvalue weighted by Gasteiger charge is 2.47. The van der Waals surface area contributed by atoms with Gasteiger partial charge in [-0.15, -0.1) is 0 Å². The minimum atomic E-state index is -0.927. The Labute approximate surface area is 199 Å². The van der Waals surface area contributed by atoms with E-state index in [0.717, 1.165) is 6.42 Å². The van der Waals surface area contributed by atoms with Crippen molar-refractivity contribution in [2.45, 2.75) is 39.5 Å². The number of carbonyl (C=O) groups is 3. The molecule has 0 spiro atoms. The molecule has 0 unspecified atom stereocenters. The first kappa shape index (κ1) is 25.0. The number of ether oxygens (including phenoxy) is 3. The number of carbonyl (C=O) groups excluding carboxylic acids is 3. The Morgan fingerprint density at radius 2 is 1.85 bits per heavy atom. The van der Waals surface area contributed by atoms with Gasteiger partial charge in [0.2, 0.25) is 0 Å². The molecule has 33 heavy (non-hydrogen) atoms. The molecule has 0 aromatic heterocycles. The molecular formula is C25H30ClNO6. The predicted octanol–water partition coefficient (Wildman–Crippen LogP) is 3.92. The first-order chi connectivity index (χ1) is 15.8. The SMILES string of the molecule is CCCOCCOC(=O)C1=C(C)NC2=C(C(=O)[C@@H](C(=O)OC)[C@H](C)C2)[C@H]1c1ccc(Cl)cc1. The summed E-state index contributed by atoms with van der Waals surface area (Å²) in [5, 5.41) is 3.78. The van der Waals surface area contributed by atoms with Crippen molar-refractivity contribution < 1.29 is 28.6 Å². The minimum absolute atomic E-state index is 0.102. The second kappa shape index (κ2) is 11.0. The van der Waals surface area contributed by atoms with Crippen LogP contribution in [0.3, 0.4) is 0 Å². The third kappa shape index (κ3) is 5.31. The molecule has 3 atom stereocenters. The fraction of sp³-hybridized carbons (Fsp3) is 0.480. The fourth-order valence-corrected chi connectivity index (χ4v) is 4.58. The lowest BCUT2D eigenvalue weighted by atomic mass is 9.69. The highest BCUT2D eigenvalue weighted by Crippen LogP contribution is 2.45. The van der Waals surface area contributed by atoms with Crippen LogP contribution in [0.15, 0.2) is 46.8 Å². The summed E-state index contributed by atoms with van der Waals surface area (Å²) >= 11 is 6.09. The van der Waals surface area contributed by atoms with Crippen LogP contribution in [0.2, 0.25) is 5.02 Å². The third-order valence-electron chi connectivity index (χ3n) is 5.98. The van der Waals surface area contributed by atoms with Gasteiger partial charge >= 0.3 is 11.9 Å². The number of rotatable bonds is 8. The van der Waals surface area contributed by atoms with Crippen molar-refractivity contribution in [3.05, 3.63) is 57.4 Å². The molecule has 8 heteroatoms. The molecule has 3 rings (SSSR count). The van der Waals surface area contributed by atoms with Gasteiger partial charge in [0.1, 0.15) is 12.5 Å². The molecule has 0 saturated heterocycles. The van der Waals surface area contributed by atoms with E-state index < -0.39 is 23.8 Å². The number of methoxy groups -OCH3 is 1. The summed E-state index contributed by atoms with van der Waals surface area (Å²) in [6, 6.07) is 6.99. The standard InChI is InChI=1S/C25H30ClNO6/c1-5-10-32-11-12-33-25(30)20-15(3)27-18-13-14(2)19(24(29)31-4)23(28)22(18)21(20)16-6-8-17(26)9-7-16/h6-9,14,19,21,27H,5,10-13H2,1-4H3/t14-,19+,21+/m1/s1. The van der Waals surface area contributed by atoms with Gasteiger partial charge in [0.15, 0.2) is 5.78 Å². The van der Waals surface area contributed by atoms with E-state index in [1.807, 2.05) is 13.8 Å². The number of allylic oxidation sites excluding steroid dienone is 3. The molecule has 7 nitrogen and oxygen atoms in total. The largest absolute Gasteiger partial charge is 0.468 e. The Hall–Kier alpha value is -2.64. The zero-order valence-electron chi connectivity index (χ0n) is 19.4. The second-order valence-electron chi connectivity index (χ2n) is 8.34. The number of ketones is 1. The highest BCUT2D eigenvalue weighted by molar-refractivity contribution is 6.30. The van der Waals surface area contributed by atoms with Crippen LogP contribution in [0.1, 0.15) is 45.1 Å². The molecule has 178 valence electrons. The minimum Gasteiger partial charge on any atom is -0.468 e. The third-order valence-corrected chi connectivity index (χ3v) is 6.23. The maximum absolute atomic E-state index is 13.6. The lowest BCUT2D eigenvalue weighted by Gasteiger charge is -2.38. The molecule has 1 aliphatic heterocycles. The molecule has 2 aliphatic rings. The van der Waals surface area contributed by atoms with E-state index in [1.54, 1.807) is 31.2 Å². The number of nitrogens with one attached hydrogen (secondary N) is 1. The van der Waals surface area contributed by atoms with Crippen LogP contribution in [-0.2, 0) is 28.6 Å². The summed E-state index contributed by atoms with van der Waals surface area (Å²) in [5.41, 5.74) is 2.77. The van der Waals surface area contributed by atoms with Crippen LogP contribution < -0.4 is 5.32 Å². The highest BCUT2D eigenvalue weighted by atomic mass is 35.5. The molecule has 0 bridgehead atoms. The van der Waals surface area contributed by atoms with Gasteiger partial charge in [-0.25, -0.2) is 4.79 Å². The fourth-order valence-electron chi connectivity index (χ4n) is 4.46. The molecule has 1 aliphatic carbocycles. The smallest absolute Gasteiger partial charge is 0.336 e. The summed E-state index contributed by atoms with van der Waals surface area (Å²) in [6.07, 6.45) is 1.36. The Morgan fingerprint density at radius 3 is 2.48 bits per heavy atom. The number of hydrogen-bond acceptors (Lipinski definition) is 7. The van der Waals surface area contributed by atoms with E-state index in [0.29, 0.717) is 52.8 Å². The number of esters is 2. The van der Waals surface area contributed by atoms with E-state index in [4.69, 9.17) is 25.8 Å². The maximum Gasteiger partial charge on any atom is 0.336 e. The van der Waals surface area contributed by atoms with Crippen LogP contribution in [0, 0.1) is 11.8 Å². The molecule has 0 fully saturated rings. The van der Waals surface area contributed by atoms with Gasteiger partial charge in [-0.1, -0.05) is 37.6 Å². The molecule has 0 amide bonds. The van der Waals surface area contributed by atoms with Gasteiger partial charge in [0, 0.05) is 34.5 Å². The van der Waals surface area contributed by atoms with Crippen molar-refractivity contribution in [2.75, 3.05) is 26.9 Å². The lowest BCUT2D eigenvalue weighted by molar-refractivity contribution is -0.151. The van der Waals surface area contributed by atoms with Crippen LogP contribution >= 0.6 is 11.6 Å². The van der Waals surface area contributed by atoms with E-state index in [-0.39, 0.29) is 18.3 Å². The quantitative estimate of drug-likeness (QED) is 0.346. The molecule has 1 aromatic rings. The number of benzene rings is 1. The molecule has 0 radical (unpaired) electrons. The van der Waals surface area contributed by atoms with Crippen molar-refractivity contribution in [1.29, 1.82) is 0 Å². The van der Waals surface area contributed by atoms with E-state index >= 15 is 0 Å². The summed E-state index contributed by atoms with van der Waals surface area (Å²) in [5.74, 6) is -3.30. The average molecular weight is 476 g/mol. The summed E-state index contributed by atoms with van der Waals surface area (Å²) < 4.78 is 15.8. The second-order valence-corrected chi connectivity index (χ2v) is 8.77. The topological polar surface area (TPSA) is 90.9 Å². The zero-order chi connectivity index (χ0) is 24.1. The van der Waals surface area contributed by atoms with Crippen molar-refractivity contribution in [3.63, 3.8) is 0 Å². The van der Waals surface area contributed by atoms with Gasteiger partial charge in [0.25, 0.3) is 0 Å². The van der Waals surface area contributed by atoms with Crippen molar-refractivity contribution >= 4 is 29.3 Å². The normalized spacial score (nSPS) is 22.6. The van der Waals surface area contributed by atoms with Crippen molar-refractivity contribution in [2.24, 2.45) is 11.8 Å². The number of hydrogen-bond donors (Lipinski definition) is 1. The van der Waals surface area contributed by atoms with Gasteiger partial charge in [0.05, 0.1) is 19.3 Å². The van der Waals surface area contributed by atoms with Gasteiger partial charge in [-0.3, -0.25) is 9.59 Å². The van der Waals surface area contributed by atoms with Crippen LogP contribution in [0.5, 0.6) is 0 Å². The Kier molecular flexibility index (Phi) is 8.32. The van der Waals surface area contributed by atoms with Crippen molar-refractivity contribution in [1.82, 2.24) is 5.32 Å². The van der Waals surface area contributed by atoms with E-state index in [2.05, 4.69) is 5.32 Å². The molecule has 1 N–H and O–H groups in total. The average Bonchev–Trinajstić information content (AvgIpc) is 2.78. The lowest BCUT2D eigenvalue weighted by Crippen LogP contribution is -2.43. The number of dihydropyridines is 1. The predicted molar refractivity (Wildman–Crippen MR) is 123 cm³/mol. The molecule has 0 saturated carbocycles. The van der Waals surface area contributed by atoms with Crippen molar-refractivity contribution in [3.8, 4) is 0 Å². The zero-order valence-corrected chi connectivity index (χ0v) is 20.2. The van der Waals surface area contributed by atoms with Gasteiger partial charge in [-0.2, -0.15) is 0 Å². The molecular weight excluding hydrogens is 446 g/mol. The Bertz CT molecular complexity index is 981. The Balaban J connectivity index is 2.01. The van der Waals surface area contributed by atoms with E-state index in [9.17, 15) is 14.4 Å². The Morgan fingerprint density at radius 1 is 1.15 bits per heavy atom. The first-order valence-corrected chi connectivity index (χ1v) is 11.5. The summed E-state index contributed by atoms with van der Waals surface area (Å²) in [7, 11) is 1.27. The van der Waals surface area contributed by atoms with Gasteiger partial charge < -0.3 is 19.5 Å². The van der Waals surface area contributed by atoms with Gasteiger partial charge in [-0.05, 0) is 43.4 Å². The number of Topliss-reactive ketones (excluding diaryl/α,β-unsaturated/α-hetero) is 1. The molecule has 1 aromatic carbocycles. The van der Waals surface area contributed by atoms with Crippen LogP contribution in [-0.4, -0.2) is 44.7 Å².